The molecule has 1 aromatic carbocycles. The van der Waals surface area contributed by atoms with E-state index in [0.29, 0.717) is 17.9 Å². The molecule has 0 saturated carbocycles. The summed E-state index contributed by atoms with van der Waals surface area (Å²) in [5, 5.41) is 0.607. The zero-order valence-corrected chi connectivity index (χ0v) is 9.87. The Labute approximate surface area is 104 Å². The number of pyridine rings is 1. The van der Waals surface area contributed by atoms with Gasteiger partial charge in [-0.3, -0.25) is 9.78 Å². The van der Waals surface area contributed by atoms with E-state index in [0.717, 1.165) is 22.4 Å². The molecule has 84 valence electrons. The quantitative estimate of drug-likeness (QED) is 0.712. The Morgan fingerprint density at radius 2 is 2.00 bits per heavy atom. The predicted octanol–water partition coefficient (Wildman–Crippen LogP) is 3.06. The Morgan fingerprint density at radius 1 is 1.12 bits per heavy atom. The van der Waals surface area contributed by atoms with Crippen LogP contribution in [0.25, 0.3) is 0 Å². The topological polar surface area (TPSA) is 30.0 Å². The minimum absolute atomic E-state index is 0.120. The number of nitrogens with zero attached hydrogens (tertiary/aromatic N) is 1. The largest absolute Gasteiger partial charge is 0.294 e. The maximum atomic E-state index is 12.1. The van der Waals surface area contributed by atoms with Crippen molar-refractivity contribution in [3.8, 4) is 0 Å². The molecule has 2 nitrogen and oxygen atoms in total. The first-order valence-electron chi connectivity index (χ1n) is 5.48. The van der Waals surface area contributed by atoms with Gasteiger partial charge in [-0.1, -0.05) is 23.7 Å². The number of fused-ring (bicyclic) bond motifs is 2. The van der Waals surface area contributed by atoms with Gasteiger partial charge in [0.2, 0.25) is 0 Å². The number of aromatic nitrogens is 1. The summed E-state index contributed by atoms with van der Waals surface area (Å²) in [6, 6.07) is 9.33. The monoisotopic (exact) mass is 243 g/mol. The summed E-state index contributed by atoms with van der Waals surface area (Å²) in [5.74, 6) is 0.120. The second-order valence-electron chi connectivity index (χ2n) is 4.19. The number of rotatable bonds is 0. The lowest BCUT2D eigenvalue weighted by Crippen LogP contribution is -2.03. The number of carbonyl (C=O) groups is 1. The lowest BCUT2D eigenvalue weighted by molar-refractivity contribution is 0.0993. The Hall–Kier alpha value is -1.67. The SMILES string of the molecule is O=C1Cc2cccnc2Cc2ccc(Cl)cc21. The zero-order valence-electron chi connectivity index (χ0n) is 9.11. The maximum absolute atomic E-state index is 12.1. The molecule has 1 heterocycles. The van der Waals surface area contributed by atoms with Gasteiger partial charge < -0.3 is 0 Å². The first-order chi connectivity index (χ1) is 8.24. The van der Waals surface area contributed by atoms with Crippen LogP contribution in [-0.4, -0.2) is 10.8 Å². The van der Waals surface area contributed by atoms with Crippen LogP contribution in [0.3, 0.4) is 0 Å². The number of benzene rings is 1. The van der Waals surface area contributed by atoms with Crippen molar-refractivity contribution in [1.82, 2.24) is 4.98 Å². The van der Waals surface area contributed by atoms with E-state index < -0.39 is 0 Å². The molecule has 1 aliphatic carbocycles. The molecular formula is C14H10ClNO. The van der Waals surface area contributed by atoms with Crippen LogP contribution in [0.1, 0.15) is 27.2 Å². The van der Waals surface area contributed by atoms with Crippen molar-refractivity contribution in [1.29, 1.82) is 0 Å². The van der Waals surface area contributed by atoms with Crippen LogP contribution in [0, 0.1) is 0 Å². The van der Waals surface area contributed by atoms with Crippen molar-refractivity contribution in [2.24, 2.45) is 0 Å². The van der Waals surface area contributed by atoms with Gasteiger partial charge in [0.05, 0.1) is 0 Å². The molecule has 0 spiro atoms. The summed E-state index contributed by atoms with van der Waals surface area (Å²) < 4.78 is 0. The van der Waals surface area contributed by atoms with E-state index in [1.54, 1.807) is 12.3 Å². The normalized spacial score (nSPS) is 13.8. The van der Waals surface area contributed by atoms with Crippen LogP contribution < -0.4 is 0 Å². The van der Waals surface area contributed by atoms with Crippen molar-refractivity contribution < 1.29 is 4.79 Å². The van der Waals surface area contributed by atoms with Gasteiger partial charge in [-0.15, -0.1) is 0 Å². The molecule has 0 N–H and O–H groups in total. The van der Waals surface area contributed by atoms with Crippen molar-refractivity contribution in [3.05, 3.63) is 63.9 Å². The fourth-order valence-electron chi connectivity index (χ4n) is 2.20. The molecule has 0 aliphatic heterocycles. The van der Waals surface area contributed by atoms with Gasteiger partial charge in [0.15, 0.2) is 5.78 Å². The Bertz CT molecular complexity index is 607. The third-order valence-corrected chi connectivity index (χ3v) is 3.30. The van der Waals surface area contributed by atoms with Crippen molar-refractivity contribution in [3.63, 3.8) is 0 Å². The maximum Gasteiger partial charge on any atom is 0.167 e. The summed E-state index contributed by atoms with van der Waals surface area (Å²) >= 11 is 5.94. The molecule has 0 amide bonds. The first-order valence-corrected chi connectivity index (χ1v) is 5.86. The molecule has 3 rings (SSSR count). The minimum atomic E-state index is 0.120. The van der Waals surface area contributed by atoms with Gasteiger partial charge in [0.1, 0.15) is 0 Å². The van der Waals surface area contributed by atoms with Crippen LogP contribution in [0.2, 0.25) is 5.02 Å². The third kappa shape index (κ3) is 1.85. The fourth-order valence-corrected chi connectivity index (χ4v) is 2.37. The molecule has 0 saturated heterocycles. The fraction of sp³-hybridized carbons (Fsp3) is 0.143. The second kappa shape index (κ2) is 3.97. The molecule has 2 aromatic rings. The molecule has 0 unspecified atom stereocenters. The van der Waals surface area contributed by atoms with E-state index in [1.165, 1.54) is 0 Å². The molecular weight excluding hydrogens is 234 g/mol. The molecule has 3 heteroatoms. The predicted molar refractivity (Wildman–Crippen MR) is 66.5 cm³/mol. The molecule has 0 bridgehead atoms. The van der Waals surface area contributed by atoms with Crippen molar-refractivity contribution >= 4 is 17.4 Å². The van der Waals surface area contributed by atoms with Gasteiger partial charge in [-0.2, -0.15) is 0 Å². The highest BCUT2D eigenvalue weighted by molar-refractivity contribution is 6.31. The summed E-state index contributed by atoms with van der Waals surface area (Å²) in [6.07, 6.45) is 2.88. The van der Waals surface area contributed by atoms with E-state index >= 15 is 0 Å². The van der Waals surface area contributed by atoms with Crippen LogP contribution in [0.4, 0.5) is 0 Å². The Morgan fingerprint density at radius 3 is 2.88 bits per heavy atom. The van der Waals surface area contributed by atoms with Crippen LogP contribution >= 0.6 is 11.6 Å². The average molecular weight is 244 g/mol. The number of ketones is 1. The van der Waals surface area contributed by atoms with Gasteiger partial charge in [0.25, 0.3) is 0 Å². The van der Waals surface area contributed by atoms with Crippen LogP contribution in [-0.2, 0) is 12.8 Å². The second-order valence-corrected chi connectivity index (χ2v) is 4.62. The van der Waals surface area contributed by atoms with E-state index in [4.69, 9.17) is 11.6 Å². The highest BCUT2D eigenvalue weighted by Crippen LogP contribution is 2.25. The van der Waals surface area contributed by atoms with Gasteiger partial charge >= 0.3 is 0 Å². The number of hydrogen-bond acceptors (Lipinski definition) is 2. The third-order valence-electron chi connectivity index (χ3n) is 3.07. The smallest absolute Gasteiger partial charge is 0.167 e. The van der Waals surface area contributed by atoms with E-state index in [1.807, 2.05) is 24.3 Å². The number of Topliss-reactive ketones (excluding diaryl/α,β-unsaturated/α-hetero) is 1. The first kappa shape index (κ1) is 10.5. The zero-order chi connectivity index (χ0) is 11.8. The van der Waals surface area contributed by atoms with Crippen LogP contribution in [0.15, 0.2) is 36.5 Å². The lowest BCUT2D eigenvalue weighted by atomic mass is 10.0. The lowest BCUT2D eigenvalue weighted by Gasteiger charge is -2.04. The number of hydrogen-bond donors (Lipinski definition) is 0. The van der Waals surface area contributed by atoms with Crippen molar-refractivity contribution in [2.75, 3.05) is 0 Å². The highest BCUT2D eigenvalue weighted by Gasteiger charge is 2.20. The number of carbonyl (C=O) groups excluding carboxylic acids is 1. The molecule has 1 aromatic heterocycles. The highest BCUT2D eigenvalue weighted by atomic mass is 35.5. The number of halogens is 1. The molecule has 0 radical (unpaired) electrons. The van der Waals surface area contributed by atoms with E-state index in [-0.39, 0.29) is 5.78 Å². The summed E-state index contributed by atoms with van der Waals surface area (Å²) in [5.41, 5.74) is 3.75. The van der Waals surface area contributed by atoms with Gasteiger partial charge in [-0.05, 0) is 29.3 Å². The standard InChI is InChI=1S/C14H10ClNO/c15-11-4-3-9-6-13-10(2-1-5-16-13)7-14(17)12(9)8-11/h1-5,8H,6-7H2. The Kier molecular flexibility index (Phi) is 2.45. The van der Waals surface area contributed by atoms with E-state index in [2.05, 4.69) is 4.98 Å². The molecule has 17 heavy (non-hydrogen) atoms. The molecule has 1 aliphatic rings. The van der Waals surface area contributed by atoms with E-state index in [9.17, 15) is 4.79 Å². The molecule has 0 atom stereocenters. The van der Waals surface area contributed by atoms with Crippen molar-refractivity contribution in [2.45, 2.75) is 12.8 Å². The average Bonchev–Trinajstić information content (AvgIpc) is 2.46. The Balaban J connectivity index is 2.17. The van der Waals surface area contributed by atoms with Gasteiger partial charge in [0, 0.05) is 35.3 Å². The van der Waals surface area contributed by atoms with Crippen LogP contribution in [0.5, 0.6) is 0 Å². The minimum Gasteiger partial charge on any atom is -0.294 e. The summed E-state index contributed by atoms with van der Waals surface area (Å²) in [6.45, 7) is 0. The summed E-state index contributed by atoms with van der Waals surface area (Å²) in [7, 11) is 0. The van der Waals surface area contributed by atoms with Gasteiger partial charge in [-0.25, -0.2) is 0 Å². The molecule has 0 fully saturated rings. The summed E-state index contributed by atoms with van der Waals surface area (Å²) in [4.78, 5) is 16.5.